The Labute approximate surface area is 383 Å². The van der Waals surface area contributed by atoms with E-state index >= 15 is 0 Å². The molecule has 9 aromatic carbocycles. The highest BCUT2D eigenvalue weighted by Crippen LogP contribution is 2.66. The van der Waals surface area contributed by atoms with Crippen molar-refractivity contribution in [3.05, 3.63) is 235 Å². The van der Waals surface area contributed by atoms with Gasteiger partial charge in [0.25, 0.3) is 0 Å². The highest BCUT2D eigenvalue weighted by molar-refractivity contribution is 5.94. The Kier molecular flexibility index (Phi) is 8.63. The van der Waals surface area contributed by atoms with Crippen molar-refractivity contribution in [1.82, 2.24) is 0 Å². The molecule has 0 radical (unpaired) electrons. The van der Waals surface area contributed by atoms with E-state index in [4.69, 9.17) is 0 Å². The van der Waals surface area contributed by atoms with Crippen molar-refractivity contribution in [3.63, 3.8) is 0 Å². The van der Waals surface area contributed by atoms with Gasteiger partial charge in [0.2, 0.25) is 0 Å². The van der Waals surface area contributed by atoms with E-state index < -0.39 is 0 Å². The van der Waals surface area contributed by atoms with E-state index in [0.29, 0.717) is 5.92 Å². The van der Waals surface area contributed by atoms with Crippen LogP contribution >= 0.6 is 0 Å². The number of rotatable bonds is 7. The molecule has 0 N–H and O–H groups in total. The number of hydrogen-bond acceptors (Lipinski definition) is 1. The standard InChI is InChI=1S/C64H51N/c1-63(2)59-26-13-11-23-54(59)57-25-15-24-56(62(57)63)52-21-10-9-20-50(52)45-29-32-47(33-30-45)65(48-34-36-51(43-16-5-3-6-17-43)58(39-48)44-18-7-4-8-19-44)49-35-37-55-53-22-12-14-27-60(53)64(61(55)40-49)41-42-28-31-46(64)38-42/h3-27,29-30,32-37,39-40,42,46H,28,31,38,41H2,1-2H3. The third-order valence-electron chi connectivity index (χ3n) is 16.0. The van der Waals surface area contributed by atoms with Crippen LogP contribution in [0.1, 0.15) is 61.8 Å². The van der Waals surface area contributed by atoms with Gasteiger partial charge >= 0.3 is 0 Å². The summed E-state index contributed by atoms with van der Waals surface area (Å²) < 4.78 is 0. The molecule has 2 saturated carbocycles. The van der Waals surface area contributed by atoms with E-state index in [1.807, 2.05) is 0 Å². The molecule has 4 aliphatic carbocycles. The van der Waals surface area contributed by atoms with Gasteiger partial charge in [-0.1, -0.05) is 196 Å². The summed E-state index contributed by atoms with van der Waals surface area (Å²) in [7, 11) is 0. The summed E-state index contributed by atoms with van der Waals surface area (Å²) in [4.78, 5) is 2.52. The second kappa shape index (κ2) is 14.7. The molecule has 3 unspecified atom stereocenters. The summed E-state index contributed by atoms with van der Waals surface area (Å²) in [6.07, 6.45) is 5.31. The number of fused-ring (bicyclic) bond motifs is 11. The molecule has 3 atom stereocenters. The first-order valence-corrected chi connectivity index (χ1v) is 23.7. The average molecular weight is 834 g/mol. The Morgan fingerprint density at radius 2 is 0.862 bits per heavy atom. The first kappa shape index (κ1) is 38.3. The Balaban J connectivity index is 0.972. The van der Waals surface area contributed by atoms with Crippen molar-refractivity contribution in [3.8, 4) is 66.8 Å². The highest BCUT2D eigenvalue weighted by atomic mass is 15.1. The minimum absolute atomic E-state index is 0.0873. The summed E-state index contributed by atoms with van der Waals surface area (Å²) in [6, 6.07) is 79.8. The van der Waals surface area contributed by atoms with Crippen molar-refractivity contribution < 1.29 is 0 Å². The maximum Gasteiger partial charge on any atom is 0.0468 e. The Morgan fingerprint density at radius 1 is 0.369 bits per heavy atom. The maximum absolute atomic E-state index is 2.59. The molecule has 65 heavy (non-hydrogen) atoms. The van der Waals surface area contributed by atoms with Crippen molar-refractivity contribution in [1.29, 1.82) is 0 Å². The largest absolute Gasteiger partial charge is 0.310 e. The quantitative estimate of drug-likeness (QED) is 0.155. The van der Waals surface area contributed by atoms with Crippen LogP contribution in [0.15, 0.2) is 212 Å². The third-order valence-corrected chi connectivity index (χ3v) is 16.0. The van der Waals surface area contributed by atoms with Crippen molar-refractivity contribution in [2.45, 2.75) is 50.4 Å². The third kappa shape index (κ3) is 5.77. The van der Waals surface area contributed by atoms with Crippen molar-refractivity contribution in [2.75, 3.05) is 4.90 Å². The molecule has 1 nitrogen and oxygen atoms in total. The predicted octanol–water partition coefficient (Wildman–Crippen LogP) is 17.2. The van der Waals surface area contributed by atoms with Crippen LogP contribution in [0.4, 0.5) is 17.1 Å². The van der Waals surface area contributed by atoms with Crippen LogP contribution < -0.4 is 4.90 Å². The summed E-state index contributed by atoms with van der Waals surface area (Å²) in [6.45, 7) is 4.78. The van der Waals surface area contributed by atoms with Gasteiger partial charge in [-0.15, -0.1) is 0 Å². The van der Waals surface area contributed by atoms with E-state index in [9.17, 15) is 0 Å². The zero-order valence-corrected chi connectivity index (χ0v) is 37.1. The fourth-order valence-corrected chi connectivity index (χ4v) is 13.2. The van der Waals surface area contributed by atoms with Crippen LogP contribution in [0.25, 0.3) is 66.8 Å². The van der Waals surface area contributed by atoms with Gasteiger partial charge < -0.3 is 4.90 Å². The van der Waals surface area contributed by atoms with E-state index in [2.05, 4.69) is 231 Å². The normalized spacial score (nSPS) is 19.2. The van der Waals surface area contributed by atoms with Crippen LogP contribution in [0.5, 0.6) is 0 Å². The SMILES string of the molecule is CC1(C)c2ccccc2-c2cccc(-c3ccccc3-c3ccc(N(c4ccc(-c5ccccc5)c(-c5ccccc5)c4)c4ccc5c(c4)C4(CC6CCC4C6)c4ccccc4-5)cc3)c21. The van der Waals surface area contributed by atoms with Gasteiger partial charge in [0, 0.05) is 27.9 Å². The van der Waals surface area contributed by atoms with Gasteiger partial charge in [0.15, 0.2) is 0 Å². The first-order chi connectivity index (χ1) is 32.0. The van der Waals surface area contributed by atoms with Gasteiger partial charge in [-0.25, -0.2) is 0 Å². The molecule has 0 saturated heterocycles. The summed E-state index contributed by atoms with van der Waals surface area (Å²) in [5.41, 5.74) is 24.9. The molecule has 0 amide bonds. The lowest BCUT2D eigenvalue weighted by atomic mass is 9.67. The number of anilines is 3. The van der Waals surface area contributed by atoms with E-state index in [0.717, 1.165) is 17.3 Å². The van der Waals surface area contributed by atoms with Crippen LogP contribution in [0.2, 0.25) is 0 Å². The van der Waals surface area contributed by atoms with E-state index in [1.54, 1.807) is 5.56 Å². The minimum Gasteiger partial charge on any atom is -0.310 e. The maximum atomic E-state index is 2.59. The molecule has 9 aromatic rings. The van der Waals surface area contributed by atoms with Gasteiger partial charge in [0.1, 0.15) is 0 Å². The topological polar surface area (TPSA) is 3.24 Å². The van der Waals surface area contributed by atoms with Crippen LogP contribution in [-0.2, 0) is 10.8 Å². The first-order valence-electron chi connectivity index (χ1n) is 23.7. The Morgan fingerprint density at radius 3 is 1.54 bits per heavy atom. The number of benzene rings is 9. The summed E-state index contributed by atoms with van der Waals surface area (Å²) in [5.74, 6) is 1.50. The van der Waals surface area contributed by atoms with Crippen molar-refractivity contribution in [2.24, 2.45) is 11.8 Å². The Bertz CT molecular complexity index is 3300. The molecule has 1 heteroatoms. The molecule has 0 aromatic heterocycles. The highest BCUT2D eigenvalue weighted by Gasteiger charge is 2.56. The molecule has 2 bridgehead atoms. The zero-order valence-electron chi connectivity index (χ0n) is 37.1. The van der Waals surface area contributed by atoms with Crippen LogP contribution in [0.3, 0.4) is 0 Å². The number of hydrogen-bond donors (Lipinski definition) is 0. The lowest BCUT2D eigenvalue weighted by Gasteiger charge is -2.37. The lowest BCUT2D eigenvalue weighted by Crippen LogP contribution is -2.32. The minimum atomic E-state index is -0.109. The van der Waals surface area contributed by atoms with E-state index in [1.165, 1.54) is 115 Å². The van der Waals surface area contributed by atoms with Crippen LogP contribution in [-0.4, -0.2) is 0 Å². The zero-order chi connectivity index (χ0) is 43.3. The smallest absolute Gasteiger partial charge is 0.0468 e. The number of nitrogens with zero attached hydrogens (tertiary/aromatic N) is 1. The van der Waals surface area contributed by atoms with Gasteiger partial charge in [-0.3, -0.25) is 0 Å². The molecule has 2 fully saturated rings. The Hall–Kier alpha value is -7.22. The van der Waals surface area contributed by atoms with E-state index in [-0.39, 0.29) is 10.8 Å². The average Bonchev–Trinajstić information content (AvgIpc) is 4.12. The molecular weight excluding hydrogens is 783 g/mol. The second-order valence-electron chi connectivity index (χ2n) is 19.6. The molecular formula is C64H51N. The fourth-order valence-electron chi connectivity index (χ4n) is 13.2. The molecule has 0 aliphatic heterocycles. The molecule has 312 valence electrons. The van der Waals surface area contributed by atoms with Crippen LogP contribution in [0, 0.1) is 11.8 Å². The molecule has 4 aliphatic rings. The molecule has 0 heterocycles. The monoisotopic (exact) mass is 833 g/mol. The molecule has 13 rings (SSSR count). The summed E-state index contributed by atoms with van der Waals surface area (Å²) in [5, 5.41) is 0. The molecule has 1 spiro atoms. The lowest BCUT2D eigenvalue weighted by molar-refractivity contribution is 0.327. The fraction of sp³-hybridized carbons (Fsp3) is 0.156. The van der Waals surface area contributed by atoms with Crippen molar-refractivity contribution >= 4 is 17.1 Å². The van der Waals surface area contributed by atoms with Gasteiger partial charge in [-0.2, -0.15) is 0 Å². The second-order valence-corrected chi connectivity index (χ2v) is 19.6. The summed E-state index contributed by atoms with van der Waals surface area (Å²) >= 11 is 0. The predicted molar refractivity (Wildman–Crippen MR) is 272 cm³/mol. The van der Waals surface area contributed by atoms with Gasteiger partial charge in [0.05, 0.1) is 0 Å². The van der Waals surface area contributed by atoms with Gasteiger partial charge in [-0.05, 0) is 157 Å².